The van der Waals surface area contributed by atoms with Crippen molar-refractivity contribution in [3.63, 3.8) is 0 Å². The van der Waals surface area contributed by atoms with Crippen LogP contribution in [0.3, 0.4) is 0 Å². The van der Waals surface area contributed by atoms with Crippen LogP contribution in [0.4, 0.5) is 5.95 Å². The van der Waals surface area contributed by atoms with Crippen molar-refractivity contribution in [2.75, 3.05) is 5.32 Å². The average molecular weight is 494 g/mol. The summed E-state index contributed by atoms with van der Waals surface area (Å²) in [6.45, 7) is 2.35. The summed E-state index contributed by atoms with van der Waals surface area (Å²) in [6.07, 6.45) is 6.92. The topological polar surface area (TPSA) is 141 Å². The van der Waals surface area contributed by atoms with E-state index in [9.17, 15) is 9.90 Å². The third-order valence-electron chi connectivity index (χ3n) is 8.22. The molecule has 3 fully saturated rings. The van der Waals surface area contributed by atoms with Crippen LogP contribution in [0.5, 0.6) is 5.75 Å². The summed E-state index contributed by atoms with van der Waals surface area (Å²) in [4.78, 5) is 20.8. The Kier molecular flexibility index (Phi) is 5.85. The number of carbonyl (C=O) groups is 1. The summed E-state index contributed by atoms with van der Waals surface area (Å²) in [5, 5.41) is 25.3. The molecular weight excluding hydrogens is 462 g/mol. The number of aromatic nitrogens is 6. The van der Waals surface area contributed by atoms with Gasteiger partial charge >= 0.3 is 5.97 Å². The fourth-order valence-electron chi connectivity index (χ4n) is 5.99. The number of aliphatic carboxylic acids is 1. The van der Waals surface area contributed by atoms with Crippen molar-refractivity contribution in [2.24, 2.45) is 24.8 Å². The van der Waals surface area contributed by atoms with Gasteiger partial charge in [-0.15, -0.1) is 5.10 Å². The van der Waals surface area contributed by atoms with Crippen LogP contribution in [0.15, 0.2) is 16.7 Å². The van der Waals surface area contributed by atoms with E-state index in [2.05, 4.69) is 25.8 Å². The van der Waals surface area contributed by atoms with Crippen molar-refractivity contribution >= 4 is 11.9 Å². The number of anilines is 1. The van der Waals surface area contributed by atoms with Gasteiger partial charge in [0.15, 0.2) is 0 Å². The maximum absolute atomic E-state index is 11.6. The lowest BCUT2D eigenvalue weighted by atomic mass is 9.85. The van der Waals surface area contributed by atoms with E-state index in [1.807, 2.05) is 26.1 Å². The van der Waals surface area contributed by atoms with E-state index >= 15 is 0 Å². The third-order valence-corrected chi connectivity index (χ3v) is 8.22. The zero-order valence-corrected chi connectivity index (χ0v) is 20.6. The highest BCUT2D eigenvalue weighted by atomic mass is 16.5. The minimum absolute atomic E-state index is 0.0320. The van der Waals surface area contributed by atoms with Gasteiger partial charge in [-0.25, -0.2) is 9.67 Å². The zero-order valence-electron chi connectivity index (χ0n) is 20.6. The van der Waals surface area contributed by atoms with Crippen molar-refractivity contribution in [3.8, 4) is 17.1 Å². The second kappa shape index (κ2) is 9.18. The van der Waals surface area contributed by atoms with Crippen LogP contribution in [0.25, 0.3) is 11.4 Å². The molecule has 11 nitrogen and oxygen atoms in total. The number of carboxylic acid groups (broad SMARTS) is 1. The number of hydrogen-bond acceptors (Lipinski definition) is 9. The second-order valence-electron chi connectivity index (χ2n) is 10.4. The molecule has 0 radical (unpaired) electrons. The fraction of sp³-hybridized carbons (Fsp3) is 0.600. The van der Waals surface area contributed by atoms with E-state index in [4.69, 9.17) is 14.2 Å². The fourth-order valence-corrected chi connectivity index (χ4v) is 5.99. The zero-order chi connectivity index (χ0) is 24.8. The predicted octanol–water partition coefficient (Wildman–Crippen LogP) is 3.72. The van der Waals surface area contributed by atoms with Crippen LogP contribution in [0.2, 0.25) is 0 Å². The van der Waals surface area contributed by atoms with Crippen LogP contribution in [-0.4, -0.2) is 47.3 Å². The first-order valence-electron chi connectivity index (χ1n) is 12.8. The number of ether oxygens (including phenoxy) is 1. The van der Waals surface area contributed by atoms with E-state index in [-0.39, 0.29) is 17.9 Å². The van der Waals surface area contributed by atoms with Gasteiger partial charge in [-0.1, -0.05) is 11.6 Å². The van der Waals surface area contributed by atoms with Gasteiger partial charge in [-0.2, -0.15) is 4.98 Å². The maximum atomic E-state index is 11.6. The summed E-state index contributed by atoms with van der Waals surface area (Å²) in [7, 11) is 1.84. The van der Waals surface area contributed by atoms with Crippen LogP contribution in [0, 0.1) is 24.7 Å². The highest BCUT2D eigenvalue weighted by Crippen LogP contribution is 2.48. The number of nitrogens with zero attached hydrogens (tertiary/aromatic N) is 6. The molecule has 3 saturated carbocycles. The van der Waals surface area contributed by atoms with Crippen molar-refractivity contribution < 1.29 is 19.2 Å². The molecule has 0 amide bonds. The number of rotatable bonds is 8. The Balaban J connectivity index is 1.13. The van der Waals surface area contributed by atoms with Crippen LogP contribution < -0.4 is 10.1 Å². The first-order valence-corrected chi connectivity index (χ1v) is 12.8. The van der Waals surface area contributed by atoms with Crippen LogP contribution in [-0.2, 0) is 18.4 Å². The molecule has 3 aliphatic carbocycles. The van der Waals surface area contributed by atoms with Gasteiger partial charge in [0.25, 0.3) is 5.95 Å². The lowest BCUT2D eigenvalue weighted by Crippen LogP contribution is -2.21. The summed E-state index contributed by atoms with van der Waals surface area (Å²) in [6, 6.07) is 3.82. The molecule has 0 bridgehead atoms. The average Bonchev–Trinajstić information content (AvgIpc) is 3.57. The molecular formula is C25H31N7O4. The molecule has 3 aromatic rings. The number of hydrogen-bond donors (Lipinski definition) is 2. The van der Waals surface area contributed by atoms with Gasteiger partial charge in [-0.05, 0) is 74.6 Å². The second-order valence-corrected chi connectivity index (χ2v) is 10.4. The van der Waals surface area contributed by atoms with Crippen LogP contribution in [0.1, 0.15) is 68.1 Å². The van der Waals surface area contributed by atoms with Crippen molar-refractivity contribution in [1.82, 2.24) is 30.1 Å². The molecule has 3 aliphatic rings. The van der Waals surface area contributed by atoms with E-state index in [1.54, 1.807) is 4.68 Å². The molecule has 3 heterocycles. The Morgan fingerprint density at radius 1 is 1.22 bits per heavy atom. The summed E-state index contributed by atoms with van der Waals surface area (Å²) in [5.74, 6) is 2.05. The molecule has 4 atom stereocenters. The van der Waals surface area contributed by atoms with E-state index in [1.165, 1.54) is 6.42 Å². The van der Waals surface area contributed by atoms with E-state index in [0.717, 1.165) is 55.7 Å². The summed E-state index contributed by atoms with van der Waals surface area (Å²) >= 11 is 0. The van der Waals surface area contributed by atoms with Gasteiger partial charge < -0.3 is 19.7 Å². The highest BCUT2D eigenvalue weighted by molar-refractivity contribution is 5.71. The van der Waals surface area contributed by atoms with Gasteiger partial charge in [0.1, 0.15) is 11.4 Å². The Bertz CT molecular complexity index is 1270. The minimum atomic E-state index is -0.669. The predicted molar refractivity (Wildman–Crippen MR) is 128 cm³/mol. The Labute approximate surface area is 208 Å². The van der Waals surface area contributed by atoms with Gasteiger partial charge in [0.05, 0.1) is 35.6 Å². The first-order chi connectivity index (χ1) is 17.5. The number of nitrogens with one attached hydrogen (secondary N) is 1. The molecule has 11 heteroatoms. The quantitative estimate of drug-likeness (QED) is 0.477. The Morgan fingerprint density at radius 3 is 2.83 bits per heavy atom. The number of fused-ring (bicyclic) bond motifs is 1. The molecule has 0 saturated heterocycles. The highest BCUT2D eigenvalue weighted by Gasteiger charge is 2.47. The molecule has 2 N–H and O–H groups in total. The van der Waals surface area contributed by atoms with Crippen LogP contribution >= 0.6 is 0 Å². The lowest BCUT2D eigenvalue weighted by Gasteiger charge is -2.20. The van der Waals surface area contributed by atoms with E-state index in [0.29, 0.717) is 41.6 Å². The molecule has 0 aromatic carbocycles. The molecule has 4 unspecified atom stereocenters. The van der Waals surface area contributed by atoms with Gasteiger partial charge in [0, 0.05) is 13.0 Å². The molecule has 3 aromatic heterocycles. The summed E-state index contributed by atoms with van der Waals surface area (Å²) < 4.78 is 13.4. The van der Waals surface area contributed by atoms with Crippen molar-refractivity contribution in [1.29, 1.82) is 0 Å². The van der Waals surface area contributed by atoms with Crippen molar-refractivity contribution in [3.05, 3.63) is 29.4 Å². The molecule has 6 rings (SSSR count). The normalized spacial score (nSPS) is 25.5. The smallest absolute Gasteiger partial charge is 0.306 e. The van der Waals surface area contributed by atoms with E-state index < -0.39 is 5.97 Å². The molecule has 36 heavy (non-hydrogen) atoms. The van der Waals surface area contributed by atoms with Gasteiger partial charge in [0.2, 0.25) is 5.89 Å². The Hall–Kier alpha value is -3.50. The van der Waals surface area contributed by atoms with Crippen molar-refractivity contribution in [2.45, 2.75) is 70.4 Å². The Morgan fingerprint density at radius 2 is 2.08 bits per heavy atom. The number of pyridine rings is 1. The van der Waals surface area contributed by atoms with Gasteiger partial charge in [-0.3, -0.25) is 4.79 Å². The third kappa shape index (κ3) is 4.20. The lowest BCUT2D eigenvalue weighted by molar-refractivity contribution is -0.143. The minimum Gasteiger partial charge on any atom is -0.489 e. The maximum Gasteiger partial charge on any atom is 0.306 e. The summed E-state index contributed by atoms with van der Waals surface area (Å²) in [5.41, 5.74) is 3.02. The largest absolute Gasteiger partial charge is 0.489 e. The first kappa shape index (κ1) is 22.9. The number of aryl methyl sites for hydroxylation is 2. The number of carboxylic acids is 1. The standard InChI is InChI=1S/C25H31N7O4/c1-13-21(35-16-10-15-6-7-17(24(33)34)18(15)11-16)9-8-19(27-13)22-20(32(2)31-29-22)12-26-25-28-23(36-30-25)14-4-3-5-14/h8-9,14-18H,3-7,10-12H2,1-2H3,(H,26,30)(H,33,34). The molecule has 0 aliphatic heterocycles. The monoisotopic (exact) mass is 493 g/mol. The molecule has 190 valence electrons. The molecule has 0 spiro atoms. The SMILES string of the molecule is Cc1nc(-c2nnn(C)c2CNc2noc(C3CCC3)n2)ccc1OC1CC2CCC(C(=O)O)C2C1.